The lowest BCUT2D eigenvalue weighted by Crippen LogP contribution is -2.23. The summed E-state index contributed by atoms with van der Waals surface area (Å²) >= 11 is 0. The van der Waals surface area contributed by atoms with Crippen LogP contribution in [0.3, 0.4) is 0 Å². The van der Waals surface area contributed by atoms with Gasteiger partial charge in [-0.25, -0.2) is 0 Å². The van der Waals surface area contributed by atoms with Crippen molar-refractivity contribution in [1.29, 1.82) is 0 Å². The first-order valence-electron chi connectivity index (χ1n) is 13.5. The maximum Gasteiger partial charge on any atom is 0.255 e. The minimum Gasteiger partial charge on any atom is -0.369 e. The summed E-state index contributed by atoms with van der Waals surface area (Å²) in [5, 5.41) is 22.0. The Morgan fingerprint density at radius 2 is 1.16 bits per heavy atom. The Hall–Kier alpha value is -5.73. The number of hydrogen-bond donors (Lipinski definition) is 5. The van der Waals surface area contributed by atoms with Gasteiger partial charge in [0.2, 0.25) is 0 Å². The number of anilines is 2. The molecule has 1 atom stereocenters. The molecule has 4 aromatic carbocycles. The van der Waals surface area contributed by atoms with Crippen molar-refractivity contribution in [2.45, 2.75) is 13.2 Å². The molecule has 0 bridgehead atoms. The van der Waals surface area contributed by atoms with E-state index < -0.39 is 6.23 Å². The summed E-state index contributed by atoms with van der Waals surface area (Å²) in [4.78, 5) is 37.4. The van der Waals surface area contributed by atoms with Gasteiger partial charge in [0.25, 0.3) is 17.7 Å². The van der Waals surface area contributed by atoms with Crippen molar-refractivity contribution in [2.24, 2.45) is 0 Å². The topological polar surface area (TPSA) is 120 Å². The van der Waals surface area contributed by atoms with Crippen LogP contribution in [0.5, 0.6) is 0 Å². The first-order chi connectivity index (χ1) is 20.8. The molecule has 216 valence electrons. The Labute approximate surface area is 250 Å². The van der Waals surface area contributed by atoms with Crippen molar-refractivity contribution < 1.29 is 19.5 Å². The van der Waals surface area contributed by atoms with Crippen LogP contribution < -0.4 is 21.3 Å². The molecular formula is C35H32N4O4. The second-order valence-electron chi connectivity index (χ2n) is 9.44. The maximum atomic E-state index is 12.7. The molecule has 8 nitrogen and oxygen atoms in total. The number of amides is 3. The summed E-state index contributed by atoms with van der Waals surface area (Å²) in [7, 11) is 0. The molecule has 0 saturated carbocycles. The fourth-order valence-corrected chi connectivity index (χ4v) is 3.95. The molecule has 0 spiro atoms. The highest BCUT2D eigenvalue weighted by atomic mass is 16.3. The van der Waals surface area contributed by atoms with Crippen LogP contribution in [0.2, 0.25) is 0 Å². The van der Waals surface area contributed by atoms with Crippen LogP contribution in [-0.2, 0) is 0 Å². The molecule has 4 aromatic rings. The van der Waals surface area contributed by atoms with Gasteiger partial charge in [-0.2, -0.15) is 0 Å². The molecule has 1 unspecified atom stereocenters. The molecule has 0 aliphatic rings. The molecule has 0 aliphatic heterocycles. The highest BCUT2D eigenvalue weighted by Gasteiger charge is 2.11. The van der Waals surface area contributed by atoms with Gasteiger partial charge in [-0.15, -0.1) is 0 Å². The van der Waals surface area contributed by atoms with E-state index in [1.807, 2.05) is 12.1 Å². The van der Waals surface area contributed by atoms with Crippen molar-refractivity contribution >= 4 is 29.1 Å². The highest BCUT2D eigenvalue weighted by molar-refractivity contribution is 6.04. The number of aliphatic hydroxyl groups is 1. The third kappa shape index (κ3) is 8.88. The normalized spacial score (nSPS) is 11.8. The van der Waals surface area contributed by atoms with Crippen LogP contribution in [-0.4, -0.2) is 22.8 Å². The van der Waals surface area contributed by atoms with Gasteiger partial charge >= 0.3 is 0 Å². The van der Waals surface area contributed by atoms with Crippen molar-refractivity contribution in [3.63, 3.8) is 0 Å². The summed E-state index contributed by atoms with van der Waals surface area (Å²) in [5.74, 6) is -0.818. The van der Waals surface area contributed by atoms with Gasteiger partial charge in [0, 0.05) is 45.0 Å². The average Bonchev–Trinajstić information content (AvgIpc) is 3.04. The van der Waals surface area contributed by atoms with Crippen molar-refractivity contribution in [2.75, 3.05) is 10.6 Å². The first kappa shape index (κ1) is 30.2. The monoisotopic (exact) mass is 572 g/mol. The quantitative estimate of drug-likeness (QED) is 0.109. The van der Waals surface area contributed by atoms with Crippen LogP contribution in [0.25, 0.3) is 0 Å². The Balaban J connectivity index is 1.26. The molecule has 0 aliphatic carbocycles. The molecule has 0 aromatic heterocycles. The van der Waals surface area contributed by atoms with Gasteiger partial charge in [-0.3, -0.25) is 14.4 Å². The number of allylic oxidation sites excluding steroid dienone is 3. The second kappa shape index (κ2) is 14.8. The number of carbonyl (C=O) groups excluding carboxylic acids is 3. The predicted octanol–water partition coefficient (Wildman–Crippen LogP) is 6.18. The number of benzene rings is 4. The minimum atomic E-state index is -1.02. The van der Waals surface area contributed by atoms with Gasteiger partial charge in [-0.1, -0.05) is 61.2 Å². The molecule has 0 radical (unpaired) electrons. The number of aliphatic hydroxyl groups excluding tert-OH is 1. The molecule has 5 N–H and O–H groups in total. The SMILES string of the molecule is C=C(C=CC(=CC)NC(=O)c1ccccc1)NC(=O)c1ccc(C(O)Nc2ccc(NC(=O)c3ccccc3)cc2)cc1. The maximum absolute atomic E-state index is 12.7. The van der Waals surface area contributed by atoms with E-state index in [1.54, 1.807) is 122 Å². The number of hydrogen-bond acceptors (Lipinski definition) is 5. The van der Waals surface area contributed by atoms with Gasteiger partial charge < -0.3 is 26.4 Å². The molecule has 3 amide bonds. The average molecular weight is 573 g/mol. The lowest BCUT2D eigenvalue weighted by atomic mass is 10.1. The Morgan fingerprint density at radius 1 is 0.651 bits per heavy atom. The van der Waals surface area contributed by atoms with Crippen LogP contribution in [0.4, 0.5) is 11.4 Å². The summed E-state index contributed by atoms with van der Waals surface area (Å²) in [6.45, 7) is 5.65. The minimum absolute atomic E-state index is 0.208. The smallest absolute Gasteiger partial charge is 0.255 e. The first-order valence-corrected chi connectivity index (χ1v) is 13.5. The third-order valence-corrected chi connectivity index (χ3v) is 6.31. The second-order valence-corrected chi connectivity index (χ2v) is 9.44. The molecule has 8 heteroatoms. The van der Waals surface area contributed by atoms with Crippen LogP contribution in [0, 0.1) is 0 Å². The van der Waals surface area contributed by atoms with Gasteiger partial charge in [-0.05, 0) is 79.7 Å². The van der Waals surface area contributed by atoms with E-state index >= 15 is 0 Å². The van der Waals surface area contributed by atoms with E-state index in [0.29, 0.717) is 45.0 Å². The van der Waals surface area contributed by atoms with Gasteiger partial charge in [0.15, 0.2) is 6.23 Å². The lowest BCUT2D eigenvalue weighted by molar-refractivity contribution is 0.0958. The molecule has 43 heavy (non-hydrogen) atoms. The van der Waals surface area contributed by atoms with Crippen molar-refractivity contribution in [3.05, 3.63) is 168 Å². The largest absolute Gasteiger partial charge is 0.369 e. The predicted molar refractivity (Wildman–Crippen MR) is 169 cm³/mol. The van der Waals surface area contributed by atoms with E-state index in [4.69, 9.17) is 0 Å². The van der Waals surface area contributed by atoms with E-state index in [-0.39, 0.29) is 17.7 Å². The van der Waals surface area contributed by atoms with Crippen molar-refractivity contribution in [1.82, 2.24) is 10.6 Å². The summed E-state index contributed by atoms with van der Waals surface area (Å²) in [5.41, 5.74) is 4.21. The standard InChI is InChI=1S/C35H32N4O4/c1-3-29(37-33(41)25-10-6-4-7-11-25)19-14-24(2)36-32(40)27-15-17-28(18-16-27)35(43)39-31-22-20-30(21-23-31)38-34(42)26-12-8-5-9-13-26/h3-23,35,39,43H,2H2,1H3,(H,36,40)(H,37,41)(H,38,42). The zero-order valence-corrected chi connectivity index (χ0v) is 23.6. The van der Waals surface area contributed by atoms with E-state index in [9.17, 15) is 19.5 Å². The third-order valence-electron chi connectivity index (χ3n) is 6.31. The summed E-state index contributed by atoms with van der Waals surface area (Å²) in [6.07, 6.45) is 3.96. The molecule has 4 rings (SSSR count). The van der Waals surface area contributed by atoms with E-state index in [2.05, 4.69) is 27.8 Å². The fraction of sp³-hybridized carbons (Fsp3) is 0.0571. The Kier molecular flexibility index (Phi) is 10.4. The molecule has 0 fully saturated rings. The number of rotatable bonds is 11. The Bertz CT molecular complexity index is 1630. The molecule has 0 heterocycles. The van der Waals surface area contributed by atoms with Crippen LogP contribution in [0.15, 0.2) is 145 Å². The lowest BCUT2D eigenvalue weighted by Gasteiger charge is -2.15. The highest BCUT2D eigenvalue weighted by Crippen LogP contribution is 2.20. The summed E-state index contributed by atoms with van der Waals surface area (Å²) < 4.78 is 0. The fourth-order valence-electron chi connectivity index (χ4n) is 3.95. The van der Waals surface area contributed by atoms with Gasteiger partial charge in [0.1, 0.15) is 0 Å². The number of nitrogens with one attached hydrogen (secondary N) is 4. The van der Waals surface area contributed by atoms with Gasteiger partial charge in [0.05, 0.1) is 0 Å². The Morgan fingerprint density at radius 3 is 1.74 bits per heavy atom. The zero-order valence-electron chi connectivity index (χ0n) is 23.6. The molecular weight excluding hydrogens is 540 g/mol. The summed E-state index contributed by atoms with van der Waals surface area (Å²) in [6, 6.07) is 31.3. The van der Waals surface area contributed by atoms with Crippen LogP contribution >= 0.6 is 0 Å². The number of carbonyl (C=O) groups is 3. The van der Waals surface area contributed by atoms with E-state index in [1.165, 1.54) is 0 Å². The van der Waals surface area contributed by atoms with E-state index in [0.717, 1.165) is 0 Å². The zero-order chi connectivity index (χ0) is 30.6. The van der Waals surface area contributed by atoms with Crippen LogP contribution in [0.1, 0.15) is 49.8 Å². The molecule has 0 saturated heterocycles. The van der Waals surface area contributed by atoms with Crippen molar-refractivity contribution in [3.8, 4) is 0 Å².